The molecule has 0 saturated carbocycles. The number of allylic oxidation sites excluding steroid dienone is 8. The van der Waals surface area contributed by atoms with Crippen molar-refractivity contribution in [3.63, 3.8) is 0 Å². The summed E-state index contributed by atoms with van der Waals surface area (Å²) in [6.07, 6.45) is 18.1. The summed E-state index contributed by atoms with van der Waals surface area (Å²) in [7, 11) is 0. The van der Waals surface area contributed by atoms with E-state index in [1.54, 1.807) is 6.92 Å². The van der Waals surface area contributed by atoms with Gasteiger partial charge in [-0.25, -0.2) is 6.92 Å². The molecule has 3 radical (unpaired) electrons. The molecule has 0 aliphatic carbocycles. The molecule has 0 atom stereocenters. The van der Waals surface area contributed by atoms with Crippen molar-refractivity contribution >= 4 is 12.4 Å². The van der Waals surface area contributed by atoms with E-state index in [2.05, 4.69) is 181 Å². The van der Waals surface area contributed by atoms with Gasteiger partial charge in [0.2, 0.25) is 0 Å². The SMILES string of the molecule is C.C[C-]=C(C)C(C)=[C-]C(C)C.C[C-]=C(C)N=[C-]C(C)C.C[C-]=NC(C)=[C-]C(C)C.Cc1nc(C(C)C)c(C)c(C)c1C.Cc1nc(C)c(C(C)C)c(C)c1C.[Y].[Y].[Y]. The monoisotopic (exact) mass is 1020 g/mol. The quantitative estimate of drug-likeness (QED) is 0.150. The van der Waals surface area contributed by atoms with Crippen LogP contribution in [0.15, 0.2) is 32.5 Å². The van der Waals surface area contributed by atoms with Crippen LogP contribution in [0.2, 0.25) is 0 Å². The van der Waals surface area contributed by atoms with Crippen LogP contribution >= 0.6 is 0 Å². The largest absolute Gasteiger partial charge is 0.584 e. The van der Waals surface area contributed by atoms with Crippen LogP contribution in [0, 0.1) is 97.4 Å². The first-order valence-electron chi connectivity index (χ1n) is 19.8. The molecular weight excluding hydrogens is 935 g/mol. The molecule has 0 fully saturated rings. The van der Waals surface area contributed by atoms with Crippen LogP contribution in [0.25, 0.3) is 0 Å². The third-order valence-electron chi connectivity index (χ3n) is 8.77. The number of aliphatic imine (C=N–C) groups is 2. The molecule has 0 unspecified atom stereocenters. The number of aryl methyl sites for hydroxylation is 3. The number of aromatic nitrogens is 2. The van der Waals surface area contributed by atoms with Crippen molar-refractivity contribution in [2.24, 2.45) is 27.7 Å². The van der Waals surface area contributed by atoms with Gasteiger partial charge in [-0.05, 0) is 101 Å². The van der Waals surface area contributed by atoms with Gasteiger partial charge in [0.05, 0.1) is 0 Å². The van der Waals surface area contributed by atoms with E-state index in [0.717, 1.165) is 11.4 Å². The van der Waals surface area contributed by atoms with E-state index in [9.17, 15) is 0 Å². The first-order valence-corrected chi connectivity index (χ1v) is 19.8. The van der Waals surface area contributed by atoms with Gasteiger partial charge in [0.25, 0.3) is 0 Å². The Hall–Kier alpha value is -0.0883. The van der Waals surface area contributed by atoms with Gasteiger partial charge in [-0.15, -0.1) is 47.5 Å². The number of pyridine rings is 2. The fourth-order valence-electron chi connectivity index (χ4n) is 5.27. The molecule has 2 heterocycles. The van der Waals surface area contributed by atoms with E-state index < -0.39 is 0 Å². The second kappa shape index (κ2) is 39.7. The number of rotatable bonds is 8. The Morgan fingerprint density at radius 2 is 0.914 bits per heavy atom. The summed E-state index contributed by atoms with van der Waals surface area (Å²) < 4.78 is 0. The summed E-state index contributed by atoms with van der Waals surface area (Å²) in [6, 6.07) is 0. The van der Waals surface area contributed by atoms with E-state index in [4.69, 9.17) is 0 Å². The summed E-state index contributed by atoms with van der Waals surface area (Å²) in [5.74, 6) is 2.49. The van der Waals surface area contributed by atoms with Crippen LogP contribution < -0.4 is 0 Å². The molecule has 0 amide bonds. The van der Waals surface area contributed by atoms with Crippen molar-refractivity contribution in [2.45, 2.75) is 192 Å². The van der Waals surface area contributed by atoms with Gasteiger partial charge in [0.15, 0.2) is 0 Å². The van der Waals surface area contributed by atoms with E-state index >= 15 is 0 Å². The van der Waals surface area contributed by atoms with Gasteiger partial charge < -0.3 is 56.8 Å². The van der Waals surface area contributed by atoms with Crippen molar-refractivity contribution in [1.29, 1.82) is 0 Å². The Labute approximate surface area is 438 Å². The van der Waals surface area contributed by atoms with Crippen LogP contribution in [0.3, 0.4) is 0 Å². The van der Waals surface area contributed by atoms with E-state index in [1.165, 1.54) is 67.3 Å². The molecule has 0 aromatic carbocycles. The number of hydrogen-bond donors (Lipinski definition) is 0. The van der Waals surface area contributed by atoms with E-state index in [-0.39, 0.29) is 106 Å². The molecule has 7 heteroatoms. The van der Waals surface area contributed by atoms with Crippen LogP contribution in [-0.4, -0.2) is 22.4 Å². The van der Waals surface area contributed by atoms with Gasteiger partial charge in [-0.1, -0.05) is 82.6 Å². The molecule has 58 heavy (non-hydrogen) atoms. The first kappa shape index (κ1) is 72.4. The summed E-state index contributed by atoms with van der Waals surface area (Å²) in [5, 5.41) is 0. The zero-order valence-corrected chi connectivity index (χ0v) is 49.9. The summed E-state index contributed by atoms with van der Waals surface area (Å²) in [6.45, 7) is 52.0. The van der Waals surface area contributed by atoms with Crippen LogP contribution in [0.1, 0.15) is 193 Å². The smallest absolute Gasteiger partial charge is 0.0464 e. The van der Waals surface area contributed by atoms with Crippen LogP contribution in [-0.2, 0) is 98.1 Å². The molecule has 0 aliphatic rings. The molecule has 2 aromatic rings. The van der Waals surface area contributed by atoms with Crippen molar-refractivity contribution in [1.82, 2.24) is 9.97 Å². The number of hydrogen-bond acceptors (Lipinski definition) is 4. The summed E-state index contributed by atoms with van der Waals surface area (Å²) in [5.41, 5.74) is 17.3. The zero-order chi connectivity index (χ0) is 43.0. The zero-order valence-electron chi connectivity index (χ0n) is 41.4. The van der Waals surface area contributed by atoms with Crippen molar-refractivity contribution in [3.8, 4) is 0 Å². The molecular formula is C51H84N4Y3-6. The van der Waals surface area contributed by atoms with Crippen molar-refractivity contribution < 1.29 is 98.1 Å². The third kappa shape index (κ3) is 32.6. The number of nitrogens with zero attached hydrogens (tertiary/aromatic N) is 4. The predicted octanol–water partition coefficient (Wildman–Crippen LogP) is 15.3. The molecule has 2 rings (SSSR count). The maximum atomic E-state index is 4.63. The Morgan fingerprint density at radius 1 is 0.466 bits per heavy atom. The maximum Gasteiger partial charge on any atom is 0.0464 e. The minimum atomic E-state index is 0. The molecule has 0 N–H and O–H groups in total. The van der Waals surface area contributed by atoms with Gasteiger partial charge >= 0.3 is 0 Å². The molecule has 4 nitrogen and oxygen atoms in total. The fourth-order valence-corrected chi connectivity index (χ4v) is 5.27. The van der Waals surface area contributed by atoms with Crippen LogP contribution in [0.5, 0.6) is 0 Å². The third-order valence-corrected chi connectivity index (χ3v) is 8.77. The first-order chi connectivity index (χ1) is 24.8. The molecule has 0 bridgehead atoms. The average molecular weight is 1020 g/mol. The standard InChI is InChI=1S/2C12H19N.C10H16.2C8H13N.CH4.3Y/c1-7(2)12-9(4)8(3)10(5)13-11(12)6;1-7(2)12-10(5)8(3)9(4)11(6)13-12;1-6-9(4)10(5)7-8(2)3;1-5-9-8(4)6-7(2)3;1-5-8(4)9-6-7(2)3;;;;/h2*7H,1-6H3;8H,1-5H3;2*7H,1-4H3;1H4;;;/q;;3*-2;;;;. The summed E-state index contributed by atoms with van der Waals surface area (Å²) >= 11 is 0. The van der Waals surface area contributed by atoms with Gasteiger partial charge in [-0.3, -0.25) is 9.97 Å². The fraction of sp³-hybridized carbons (Fsp3) is 0.608. The summed E-state index contributed by atoms with van der Waals surface area (Å²) in [4.78, 5) is 17.1. The molecule has 0 aliphatic heterocycles. The van der Waals surface area contributed by atoms with Gasteiger partial charge in [-0.2, -0.15) is 18.3 Å². The molecule has 323 valence electrons. The Morgan fingerprint density at radius 3 is 1.28 bits per heavy atom. The van der Waals surface area contributed by atoms with Crippen molar-refractivity contribution in [3.05, 3.63) is 103 Å². The Kier molecular flexibility index (Phi) is 49.6. The van der Waals surface area contributed by atoms with Crippen molar-refractivity contribution in [2.75, 3.05) is 0 Å². The van der Waals surface area contributed by atoms with E-state index in [1.807, 2.05) is 41.5 Å². The Balaban J connectivity index is -0.000000111. The minimum absolute atomic E-state index is 0. The predicted molar refractivity (Wildman–Crippen MR) is 247 cm³/mol. The average Bonchev–Trinajstić information content (AvgIpc) is 3.06. The van der Waals surface area contributed by atoms with E-state index in [0.29, 0.717) is 29.6 Å². The Bertz CT molecular complexity index is 1590. The molecule has 0 saturated heterocycles. The van der Waals surface area contributed by atoms with Gasteiger partial charge in [0.1, 0.15) is 0 Å². The second-order valence-corrected chi connectivity index (χ2v) is 15.5. The normalized spacial score (nSPS) is 11.7. The van der Waals surface area contributed by atoms with Gasteiger partial charge in [0, 0.05) is 121 Å². The molecule has 2 aromatic heterocycles. The minimum Gasteiger partial charge on any atom is -0.584 e. The second-order valence-electron chi connectivity index (χ2n) is 15.5. The van der Waals surface area contributed by atoms with Crippen LogP contribution in [0.4, 0.5) is 0 Å². The molecule has 0 spiro atoms. The maximum absolute atomic E-state index is 4.63. The topological polar surface area (TPSA) is 50.5 Å².